The molecule has 16 heavy (non-hydrogen) atoms. The molecule has 0 aliphatic rings. The predicted octanol–water partition coefficient (Wildman–Crippen LogP) is -1.35. The Morgan fingerprint density at radius 2 is 2.25 bits per heavy atom. The first kappa shape index (κ1) is 12.2. The van der Waals surface area contributed by atoms with Crippen LogP contribution in [0.2, 0.25) is 0 Å². The lowest BCUT2D eigenvalue weighted by molar-refractivity contribution is -0.124. The number of aryl methyl sites for hydroxylation is 1. The molecular formula is C9H14N4O3. The van der Waals surface area contributed by atoms with Crippen LogP contribution in [-0.2, 0) is 11.2 Å². The van der Waals surface area contributed by atoms with E-state index in [-0.39, 0.29) is 0 Å². The Bertz CT molecular complexity index is 502. The number of nitrogens with one attached hydrogen (secondary N) is 2. The van der Waals surface area contributed by atoms with E-state index in [0.29, 0.717) is 12.0 Å². The molecule has 7 nitrogen and oxygen atoms in total. The summed E-state index contributed by atoms with van der Waals surface area (Å²) in [6, 6.07) is -0.764. The van der Waals surface area contributed by atoms with Gasteiger partial charge >= 0.3 is 5.69 Å². The van der Waals surface area contributed by atoms with Crippen molar-refractivity contribution in [1.82, 2.24) is 15.0 Å². The Balaban J connectivity index is 3.29. The number of carbonyl (C=O) groups is 1. The highest BCUT2D eigenvalue weighted by Gasteiger charge is 2.16. The normalized spacial score (nSPS) is 12.2. The molecule has 7 heteroatoms. The molecule has 4 N–H and O–H groups in total. The largest absolute Gasteiger partial charge is 0.329 e. The van der Waals surface area contributed by atoms with Gasteiger partial charge in [-0.05, 0) is 13.3 Å². The summed E-state index contributed by atoms with van der Waals surface area (Å²) in [4.78, 5) is 36.2. The van der Waals surface area contributed by atoms with Crippen LogP contribution in [0, 0.1) is 0 Å². The van der Waals surface area contributed by atoms with Crippen LogP contribution in [0.5, 0.6) is 0 Å². The number of aromatic nitrogens is 2. The van der Waals surface area contributed by atoms with E-state index in [4.69, 9.17) is 5.84 Å². The van der Waals surface area contributed by atoms with Crippen molar-refractivity contribution in [3.63, 3.8) is 0 Å². The first-order valence-corrected chi connectivity index (χ1v) is 4.86. The molecule has 1 aromatic heterocycles. The number of nitrogens with two attached hydrogens (primary N) is 1. The van der Waals surface area contributed by atoms with E-state index in [9.17, 15) is 14.4 Å². The second kappa shape index (κ2) is 4.75. The Kier molecular flexibility index (Phi) is 3.62. The van der Waals surface area contributed by atoms with Crippen LogP contribution in [-0.4, -0.2) is 15.5 Å². The molecule has 88 valence electrons. The summed E-state index contributed by atoms with van der Waals surface area (Å²) < 4.78 is 1.14. The third kappa shape index (κ3) is 2.19. The molecule has 0 spiro atoms. The number of carbonyl (C=O) groups excluding carboxylic acids is 1. The molecular weight excluding hydrogens is 212 g/mol. The predicted molar refractivity (Wildman–Crippen MR) is 57.7 cm³/mol. The zero-order chi connectivity index (χ0) is 12.3. The van der Waals surface area contributed by atoms with Crippen molar-refractivity contribution < 1.29 is 4.79 Å². The second-order valence-electron chi connectivity index (χ2n) is 3.36. The van der Waals surface area contributed by atoms with Gasteiger partial charge in [0.1, 0.15) is 6.04 Å². The van der Waals surface area contributed by atoms with Crippen LogP contribution in [0.3, 0.4) is 0 Å². The monoisotopic (exact) mass is 226 g/mol. The van der Waals surface area contributed by atoms with Gasteiger partial charge in [-0.25, -0.2) is 10.6 Å². The Labute approximate surface area is 91.2 Å². The number of aromatic amines is 1. The van der Waals surface area contributed by atoms with Crippen LogP contribution in [0.15, 0.2) is 15.8 Å². The summed E-state index contributed by atoms with van der Waals surface area (Å²) in [5.41, 5.74) is 1.34. The van der Waals surface area contributed by atoms with Gasteiger partial charge < -0.3 is 0 Å². The van der Waals surface area contributed by atoms with Gasteiger partial charge in [0, 0.05) is 11.8 Å². The molecule has 1 rings (SSSR count). The van der Waals surface area contributed by atoms with Crippen LogP contribution in [0.1, 0.15) is 25.5 Å². The fourth-order valence-corrected chi connectivity index (χ4v) is 1.31. The van der Waals surface area contributed by atoms with Gasteiger partial charge in [-0.1, -0.05) is 6.92 Å². The number of hydrogen-bond acceptors (Lipinski definition) is 4. The van der Waals surface area contributed by atoms with Gasteiger partial charge in [-0.15, -0.1) is 0 Å². The quantitative estimate of drug-likeness (QED) is 0.336. The smallest absolute Gasteiger partial charge is 0.292 e. The third-order valence-corrected chi connectivity index (χ3v) is 2.36. The lowest BCUT2D eigenvalue weighted by Gasteiger charge is -2.13. The number of H-pyrrole nitrogens is 1. The highest BCUT2D eigenvalue weighted by Crippen LogP contribution is 2.01. The topological polar surface area (TPSA) is 110 Å². The first-order chi connectivity index (χ1) is 7.51. The van der Waals surface area contributed by atoms with Gasteiger partial charge in [0.05, 0.1) is 0 Å². The molecule has 0 radical (unpaired) electrons. The van der Waals surface area contributed by atoms with E-state index in [0.717, 1.165) is 4.57 Å². The van der Waals surface area contributed by atoms with Crippen molar-refractivity contribution in [2.75, 3.05) is 0 Å². The summed E-state index contributed by atoms with van der Waals surface area (Å²) in [5, 5.41) is 0. The molecule has 0 saturated heterocycles. The summed E-state index contributed by atoms with van der Waals surface area (Å²) >= 11 is 0. The van der Waals surface area contributed by atoms with Crippen molar-refractivity contribution in [3.05, 3.63) is 32.6 Å². The van der Waals surface area contributed by atoms with E-state index in [1.807, 2.05) is 5.43 Å². The van der Waals surface area contributed by atoms with Crippen LogP contribution in [0.4, 0.5) is 0 Å². The van der Waals surface area contributed by atoms with Gasteiger partial charge in [-0.2, -0.15) is 0 Å². The molecule has 1 aromatic rings. The van der Waals surface area contributed by atoms with Crippen LogP contribution >= 0.6 is 0 Å². The number of hydrazine groups is 1. The number of amides is 1. The number of hydrogen-bond donors (Lipinski definition) is 3. The maximum atomic E-state index is 11.5. The molecule has 0 bridgehead atoms. The van der Waals surface area contributed by atoms with E-state index in [1.165, 1.54) is 13.1 Å². The van der Waals surface area contributed by atoms with Gasteiger partial charge in [-0.3, -0.25) is 24.6 Å². The van der Waals surface area contributed by atoms with E-state index >= 15 is 0 Å². The highest BCUT2D eigenvalue weighted by molar-refractivity contribution is 5.79. The molecule has 0 aliphatic carbocycles. The highest BCUT2D eigenvalue weighted by atomic mass is 16.2. The molecule has 0 fully saturated rings. The molecule has 1 heterocycles. The summed E-state index contributed by atoms with van der Waals surface area (Å²) in [6.07, 6.45) is 1.85. The van der Waals surface area contributed by atoms with Crippen molar-refractivity contribution >= 4 is 5.91 Å². The molecule has 0 aromatic carbocycles. The Hall–Kier alpha value is -1.89. The molecule has 0 aliphatic heterocycles. The van der Waals surface area contributed by atoms with E-state index in [1.54, 1.807) is 6.92 Å². The third-order valence-electron chi connectivity index (χ3n) is 2.36. The summed E-state index contributed by atoms with van der Waals surface area (Å²) in [7, 11) is 0. The zero-order valence-electron chi connectivity index (χ0n) is 9.11. The molecule has 0 saturated carbocycles. The van der Waals surface area contributed by atoms with Crippen LogP contribution in [0.25, 0.3) is 0 Å². The second-order valence-corrected chi connectivity index (χ2v) is 3.36. The number of nitrogens with zero attached hydrogens (tertiary/aromatic N) is 1. The zero-order valence-corrected chi connectivity index (χ0v) is 9.11. The fraction of sp³-hybridized carbons (Fsp3) is 0.444. The standard InChI is InChI=1S/C9H14N4O3/c1-3-6-4-13(5(2)7(14)12-10)9(16)11-8(6)15/h4-5H,3,10H2,1-2H3,(H,12,14)(H,11,15,16). The molecule has 1 atom stereocenters. The Morgan fingerprint density at radius 1 is 1.62 bits per heavy atom. The van der Waals surface area contributed by atoms with E-state index in [2.05, 4.69) is 4.98 Å². The fourth-order valence-electron chi connectivity index (χ4n) is 1.31. The average Bonchev–Trinajstić information content (AvgIpc) is 2.27. The van der Waals surface area contributed by atoms with Crippen molar-refractivity contribution in [2.24, 2.45) is 5.84 Å². The minimum atomic E-state index is -0.764. The van der Waals surface area contributed by atoms with Gasteiger partial charge in [0.15, 0.2) is 0 Å². The lowest BCUT2D eigenvalue weighted by atomic mass is 10.2. The Morgan fingerprint density at radius 3 is 2.75 bits per heavy atom. The van der Waals surface area contributed by atoms with Gasteiger partial charge in [0.25, 0.3) is 11.5 Å². The maximum Gasteiger partial charge on any atom is 0.329 e. The minimum absolute atomic E-state index is 0.427. The summed E-state index contributed by atoms with van der Waals surface area (Å²) in [5.74, 6) is 4.47. The van der Waals surface area contributed by atoms with Gasteiger partial charge in [0.2, 0.25) is 0 Å². The number of rotatable bonds is 3. The maximum absolute atomic E-state index is 11.5. The van der Waals surface area contributed by atoms with E-state index < -0.39 is 23.2 Å². The molecule has 1 amide bonds. The van der Waals surface area contributed by atoms with Crippen molar-refractivity contribution in [2.45, 2.75) is 26.3 Å². The van der Waals surface area contributed by atoms with Crippen LogP contribution < -0.4 is 22.5 Å². The SMILES string of the molecule is CCc1cn(C(C)C(=O)NN)c(=O)[nH]c1=O. The lowest BCUT2D eigenvalue weighted by Crippen LogP contribution is -2.41. The van der Waals surface area contributed by atoms with Crippen molar-refractivity contribution in [3.8, 4) is 0 Å². The first-order valence-electron chi connectivity index (χ1n) is 4.86. The minimum Gasteiger partial charge on any atom is -0.292 e. The summed E-state index contributed by atoms with van der Waals surface area (Å²) in [6.45, 7) is 3.30. The van der Waals surface area contributed by atoms with Crippen molar-refractivity contribution in [1.29, 1.82) is 0 Å². The average molecular weight is 226 g/mol. The molecule has 1 unspecified atom stereocenters.